The summed E-state index contributed by atoms with van der Waals surface area (Å²) in [5.41, 5.74) is 9.64. The second-order valence-electron chi connectivity index (χ2n) is 7.50. The van der Waals surface area contributed by atoms with Gasteiger partial charge in [-0.05, 0) is 55.0 Å². The smallest absolute Gasteiger partial charge is 0.157 e. The minimum atomic E-state index is 0.460. The molecular weight excluding hydrogens is 416 g/mol. The van der Waals surface area contributed by atoms with Crippen LogP contribution < -0.4 is 15.8 Å². The van der Waals surface area contributed by atoms with Crippen molar-refractivity contribution in [1.82, 2.24) is 20.2 Å². The number of hydrogen-bond acceptors (Lipinski definition) is 7. The fourth-order valence-electron chi connectivity index (χ4n) is 3.26. The Hall–Kier alpha value is -4.17. The Morgan fingerprint density at radius 2 is 2.06 bits per heavy atom. The van der Waals surface area contributed by atoms with E-state index in [2.05, 4.69) is 22.1 Å². The van der Waals surface area contributed by atoms with E-state index in [0.29, 0.717) is 30.6 Å². The molecule has 8 nitrogen and oxygen atoms in total. The molecule has 0 atom stereocenters. The first kappa shape index (κ1) is 22.0. The molecule has 2 aromatic heterocycles. The number of hydrogen-bond donors (Lipinski definition) is 3. The van der Waals surface area contributed by atoms with Crippen LogP contribution in [0.3, 0.4) is 0 Å². The minimum Gasteiger partial charge on any atom is -0.491 e. The highest BCUT2D eigenvalue weighted by Gasteiger charge is 2.11. The number of aromatic amines is 1. The van der Waals surface area contributed by atoms with E-state index in [1.165, 1.54) is 0 Å². The normalized spacial score (nSPS) is 12.0. The average molecular weight is 443 g/mol. The van der Waals surface area contributed by atoms with Gasteiger partial charge < -0.3 is 20.5 Å². The van der Waals surface area contributed by atoms with Gasteiger partial charge in [0.25, 0.3) is 0 Å². The summed E-state index contributed by atoms with van der Waals surface area (Å²) in [4.78, 5) is 9.57. The molecule has 0 saturated carbocycles. The quantitative estimate of drug-likeness (QED) is 0.254. The summed E-state index contributed by atoms with van der Waals surface area (Å²) in [6, 6.07) is 11.7. The molecule has 4 rings (SSSR count). The predicted molar refractivity (Wildman–Crippen MR) is 132 cm³/mol. The van der Waals surface area contributed by atoms with Gasteiger partial charge in [-0.25, -0.2) is 9.97 Å². The molecule has 4 aromatic rings. The lowest BCUT2D eigenvalue weighted by Gasteiger charge is -2.13. The maximum atomic E-state index is 5.80. The Bertz CT molecular complexity index is 1360. The lowest BCUT2D eigenvalue weighted by molar-refractivity contribution is 0.146. The number of ether oxygens (including phenoxy) is 2. The van der Waals surface area contributed by atoms with Crippen molar-refractivity contribution in [2.75, 3.05) is 25.6 Å². The third-order valence-corrected chi connectivity index (χ3v) is 4.94. The van der Waals surface area contributed by atoms with E-state index in [0.717, 1.165) is 38.8 Å². The van der Waals surface area contributed by atoms with Crippen LogP contribution in [0.2, 0.25) is 0 Å². The highest BCUT2D eigenvalue weighted by molar-refractivity contribution is 5.93. The third-order valence-electron chi connectivity index (χ3n) is 4.94. The average Bonchev–Trinajstić information content (AvgIpc) is 3.27. The zero-order valence-electron chi connectivity index (χ0n) is 18.6. The van der Waals surface area contributed by atoms with Crippen molar-refractivity contribution < 1.29 is 9.47 Å². The highest BCUT2D eigenvalue weighted by atomic mass is 16.5. The molecule has 0 aliphatic heterocycles. The van der Waals surface area contributed by atoms with Gasteiger partial charge in [-0.2, -0.15) is 5.10 Å². The fraction of sp³-hybridized carbons (Fsp3) is 0.160. The predicted octanol–water partition coefficient (Wildman–Crippen LogP) is 4.71. The second-order valence-corrected chi connectivity index (χ2v) is 7.50. The number of anilines is 2. The van der Waals surface area contributed by atoms with Crippen molar-refractivity contribution in [3.63, 3.8) is 0 Å². The lowest BCUT2D eigenvalue weighted by atomic mass is 10.1. The largest absolute Gasteiger partial charge is 0.491 e. The van der Waals surface area contributed by atoms with E-state index >= 15 is 0 Å². The van der Waals surface area contributed by atoms with Crippen LogP contribution >= 0.6 is 0 Å². The van der Waals surface area contributed by atoms with Crippen LogP contribution in [-0.4, -0.2) is 40.5 Å². The Kier molecular flexibility index (Phi) is 6.66. The molecular formula is C25H26N6O2. The zero-order chi connectivity index (χ0) is 23.2. The van der Waals surface area contributed by atoms with E-state index in [9.17, 15) is 0 Å². The molecule has 0 unspecified atom stereocenters. The van der Waals surface area contributed by atoms with E-state index < -0.39 is 0 Å². The van der Waals surface area contributed by atoms with Gasteiger partial charge in [0.15, 0.2) is 5.82 Å². The first-order valence-corrected chi connectivity index (χ1v) is 10.5. The molecule has 0 saturated heterocycles. The van der Waals surface area contributed by atoms with Gasteiger partial charge in [0, 0.05) is 29.3 Å². The molecule has 2 heterocycles. The number of nitrogens with two attached hydrogens (primary N) is 1. The molecule has 0 aliphatic carbocycles. The Balaban J connectivity index is 1.76. The topological polar surface area (TPSA) is 111 Å². The standard InChI is InChI=1S/C25H26N6O2/c1-16(5-4-6-17(2)26)24-29-23-10-8-20(33-12-11-32-3)14-21(23)25(30-24)28-19-7-9-22-18(13-19)15-27-31-22/h4-10,13-15H,2,11-12,26H2,1,3H3,(H,27,31)(H,28,29,30)/b6-4-,16-5+. The molecule has 0 spiro atoms. The molecule has 8 heteroatoms. The number of aromatic nitrogens is 4. The number of H-pyrrole nitrogens is 1. The Morgan fingerprint density at radius 1 is 1.18 bits per heavy atom. The second kappa shape index (κ2) is 9.97. The fourth-order valence-corrected chi connectivity index (χ4v) is 3.26. The number of allylic oxidation sites excluding steroid dienone is 4. The Labute approximate surface area is 191 Å². The summed E-state index contributed by atoms with van der Waals surface area (Å²) in [6.07, 6.45) is 7.25. The van der Waals surface area contributed by atoms with Gasteiger partial charge in [0.05, 0.1) is 23.8 Å². The molecule has 0 bridgehead atoms. The summed E-state index contributed by atoms with van der Waals surface area (Å²) < 4.78 is 10.9. The number of nitrogens with zero attached hydrogens (tertiary/aromatic N) is 3. The van der Waals surface area contributed by atoms with Gasteiger partial charge in [-0.3, -0.25) is 5.10 Å². The van der Waals surface area contributed by atoms with Gasteiger partial charge in [0.1, 0.15) is 18.2 Å². The van der Waals surface area contributed by atoms with Crippen LogP contribution in [0.4, 0.5) is 11.5 Å². The van der Waals surface area contributed by atoms with E-state index in [1.54, 1.807) is 19.4 Å². The zero-order valence-corrected chi connectivity index (χ0v) is 18.6. The lowest BCUT2D eigenvalue weighted by Crippen LogP contribution is -2.05. The van der Waals surface area contributed by atoms with Crippen molar-refractivity contribution in [3.8, 4) is 5.75 Å². The number of methoxy groups -OCH3 is 1. The van der Waals surface area contributed by atoms with E-state index in [-0.39, 0.29) is 0 Å². The molecule has 4 N–H and O–H groups in total. The summed E-state index contributed by atoms with van der Waals surface area (Å²) >= 11 is 0. The monoisotopic (exact) mass is 442 g/mol. The molecule has 33 heavy (non-hydrogen) atoms. The molecule has 0 fully saturated rings. The Morgan fingerprint density at radius 3 is 2.88 bits per heavy atom. The molecule has 0 aliphatic rings. The minimum absolute atomic E-state index is 0.460. The van der Waals surface area contributed by atoms with E-state index in [4.69, 9.17) is 25.2 Å². The first-order chi connectivity index (χ1) is 16.0. The van der Waals surface area contributed by atoms with E-state index in [1.807, 2.05) is 55.5 Å². The van der Waals surface area contributed by atoms with Crippen LogP contribution in [0.25, 0.3) is 27.4 Å². The number of nitrogens with one attached hydrogen (secondary N) is 2. The maximum absolute atomic E-state index is 5.80. The maximum Gasteiger partial charge on any atom is 0.157 e. The van der Waals surface area contributed by atoms with Gasteiger partial charge in [-0.1, -0.05) is 18.7 Å². The van der Waals surface area contributed by atoms with Gasteiger partial charge in [0.2, 0.25) is 0 Å². The van der Waals surface area contributed by atoms with Gasteiger partial charge >= 0.3 is 0 Å². The summed E-state index contributed by atoms with van der Waals surface area (Å²) in [5, 5.41) is 12.3. The van der Waals surface area contributed by atoms with Crippen LogP contribution in [0.5, 0.6) is 5.75 Å². The van der Waals surface area contributed by atoms with Crippen molar-refractivity contribution in [2.45, 2.75) is 6.92 Å². The van der Waals surface area contributed by atoms with Gasteiger partial charge in [-0.15, -0.1) is 0 Å². The summed E-state index contributed by atoms with van der Waals surface area (Å²) in [7, 11) is 1.65. The number of benzene rings is 2. The third kappa shape index (κ3) is 5.36. The molecule has 0 radical (unpaired) electrons. The summed E-state index contributed by atoms with van der Waals surface area (Å²) in [5.74, 6) is 2.01. The number of rotatable bonds is 9. The molecule has 0 amide bonds. The van der Waals surface area contributed by atoms with Crippen molar-refractivity contribution >= 4 is 38.9 Å². The van der Waals surface area contributed by atoms with Crippen LogP contribution in [0.1, 0.15) is 12.7 Å². The first-order valence-electron chi connectivity index (χ1n) is 10.5. The van der Waals surface area contributed by atoms with Crippen LogP contribution in [0.15, 0.2) is 73.1 Å². The van der Waals surface area contributed by atoms with Crippen molar-refractivity contribution in [3.05, 3.63) is 78.9 Å². The number of fused-ring (bicyclic) bond motifs is 2. The SMILES string of the molecule is C=C(N)/C=C\C=C(/C)c1nc(Nc2ccc3[nH]ncc3c2)c2cc(OCCOC)ccc2n1. The van der Waals surface area contributed by atoms with Crippen molar-refractivity contribution in [1.29, 1.82) is 0 Å². The molecule has 168 valence electrons. The van der Waals surface area contributed by atoms with Crippen LogP contribution in [0, 0.1) is 0 Å². The highest BCUT2D eigenvalue weighted by Crippen LogP contribution is 2.30. The van der Waals surface area contributed by atoms with Crippen LogP contribution in [-0.2, 0) is 4.74 Å². The molecule has 2 aromatic carbocycles. The summed E-state index contributed by atoms with van der Waals surface area (Å²) in [6.45, 7) is 6.60. The van der Waals surface area contributed by atoms with Crippen molar-refractivity contribution in [2.24, 2.45) is 5.73 Å².